The van der Waals surface area contributed by atoms with Gasteiger partial charge in [0.25, 0.3) is 0 Å². The molecule has 0 saturated carbocycles. The monoisotopic (exact) mass is 200 g/mol. The van der Waals surface area contributed by atoms with Crippen molar-refractivity contribution >= 4 is 0 Å². The minimum atomic E-state index is 0. The Labute approximate surface area is 85.5 Å². The van der Waals surface area contributed by atoms with Gasteiger partial charge in [0.2, 0.25) is 0 Å². The molecule has 0 radical (unpaired) electrons. The summed E-state index contributed by atoms with van der Waals surface area (Å²) in [7, 11) is 1.67. The second kappa shape index (κ2) is 5.84. The Balaban J connectivity index is 0.00000144. The molecule has 74 valence electrons. The standard InChI is InChI=1S/C10H15NO.ClH/c1-8(11)7-9-3-5-10(12-2)6-4-9;/h3-6,8H,7,11H2,1-2H3;1H/p-1. The number of methoxy groups -OCH3 is 1. The minimum Gasteiger partial charge on any atom is -1.00 e. The molecule has 0 amide bonds. The van der Waals surface area contributed by atoms with E-state index in [4.69, 9.17) is 10.5 Å². The lowest BCUT2D eigenvalue weighted by atomic mass is 10.1. The Kier molecular flexibility index (Phi) is 5.51. The van der Waals surface area contributed by atoms with E-state index in [1.54, 1.807) is 7.11 Å². The topological polar surface area (TPSA) is 35.2 Å². The van der Waals surface area contributed by atoms with Gasteiger partial charge in [-0.25, -0.2) is 0 Å². The molecule has 2 N–H and O–H groups in total. The molecule has 0 spiro atoms. The Morgan fingerprint density at radius 3 is 2.23 bits per heavy atom. The first-order valence-corrected chi connectivity index (χ1v) is 4.11. The third kappa shape index (κ3) is 4.15. The van der Waals surface area contributed by atoms with Crippen molar-refractivity contribution in [3.05, 3.63) is 29.8 Å². The summed E-state index contributed by atoms with van der Waals surface area (Å²) >= 11 is 0. The molecule has 13 heavy (non-hydrogen) atoms. The summed E-state index contributed by atoms with van der Waals surface area (Å²) in [6, 6.07) is 8.22. The average molecular weight is 201 g/mol. The van der Waals surface area contributed by atoms with Crippen molar-refractivity contribution in [2.75, 3.05) is 7.11 Å². The van der Waals surface area contributed by atoms with Crippen molar-refractivity contribution in [1.82, 2.24) is 0 Å². The van der Waals surface area contributed by atoms with E-state index in [1.165, 1.54) is 5.56 Å². The Morgan fingerprint density at radius 2 is 1.85 bits per heavy atom. The Morgan fingerprint density at radius 1 is 1.31 bits per heavy atom. The van der Waals surface area contributed by atoms with Crippen LogP contribution in [0.5, 0.6) is 5.75 Å². The number of nitrogens with two attached hydrogens (primary N) is 1. The smallest absolute Gasteiger partial charge is 0.118 e. The fraction of sp³-hybridized carbons (Fsp3) is 0.400. The molecule has 1 aromatic carbocycles. The fourth-order valence-corrected chi connectivity index (χ4v) is 1.13. The van der Waals surface area contributed by atoms with E-state index in [1.807, 2.05) is 31.2 Å². The number of benzene rings is 1. The molecule has 2 nitrogen and oxygen atoms in total. The van der Waals surface area contributed by atoms with Crippen molar-refractivity contribution < 1.29 is 17.1 Å². The van der Waals surface area contributed by atoms with Gasteiger partial charge in [0.1, 0.15) is 5.75 Å². The first-order valence-electron chi connectivity index (χ1n) is 4.11. The van der Waals surface area contributed by atoms with E-state index in [2.05, 4.69) is 0 Å². The molecule has 0 aliphatic rings. The van der Waals surface area contributed by atoms with E-state index >= 15 is 0 Å². The Hall–Kier alpha value is -0.730. The molecule has 1 rings (SSSR count). The highest BCUT2D eigenvalue weighted by Gasteiger charge is 1.97. The molecule has 0 fully saturated rings. The van der Waals surface area contributed by atoms with Crippen LogP contribution in [0.4, 0.5) is 0 Å². The van der Waals surface area contributed by atoms with Crippen LogP contribution < -0.4 is 22.9 Å². The third-order valence-corrected chi connectivity index (χ3v) is 1.72. The molecule has 1 aromatic rings. The highest BCUT2D eigenvalue weighted by atomic mass is 35.5. The van der Waals surface area contributed by atoms with Gasteiger partial charge in [0.05, 0.1) is 7.11 Å². The second-order valence-corrected chi connectivity index (χ2v) is 3.03. The first kappa shape index (κ1) is 12.3. The van der Waals surface area contributed by atoms with Gasteiger partial charge in [-0.15, -0.1) is 0 Å². The van der Waals surface area contributed by atoms with Crippen LogP contribution in [0.1, 0.15) is 12.5 Å². The van der Waals surface area contributed by atoms with Gasteiger partial charge in [-0.2, -0.15) is 0 Å². The van der Waals surface area contributed by atoms with Gasteiger partial charge in [-0.1, -0.05) is 12.1 Å². The lowest BCUT2D eigenvalue weighted by Gasteiger charge is -2.05. The van der Waals surface area contributed by atoms with Crippen molar-refractivity contribution in [3.63, 3.8) is 0 Å². The number of hydrogen-bond donors (Lipinski definition) is 1. The first-order chi connectivity index (χ1) is 5.72. The van der Waals surface area contributed by atoms with Crippen molar-refractivity contribution in [3.8, 4) is 5.75 Å². The van der Waals surface area contributed by atoms with E-state index < -0.39 is 0 Å². The molecule has 0 aliphatic carbocycles. The van der Waals surface area contributed by atoms with Crippen LogP contribution in [-0.4, -0.2) is 13.2 Å². The van der Waals surface area contributed by atoms with Crippen LogP contribution in [0.25, 0.3) is 0 Å². The minimum absolute atomic E-state index is 0. The quantitative estimate of drug-likeness (QED) is 0.651. The van der Waals surface area contributed by atoms with Crippen LogP contribution >= 0.6 is 0 Å². The summed E-state index contributed by atoms with van der Waals surface area (Å²) < 4.78 is 5.04. The molecule has 0 aromatic heterocycles. The molecule has 0 saturated heterocycles. The van der Waals surface area contributed by atoms with E-state index in [9.17, 15) is 0 Å². The van der Waals surface area contributed by atoms with E-state index in [0.717, 1.165) is 12.2 Å². The van der Waals surface area contributed by atoms with Crippen molar-refractivity contribution in [1.29, 1.82) is 0 Å². The second-order valence-electron chi connectivity index (χ2n) is 3.03. The summed E-state index contributed by atoms with van der Waals surface area (Å²) in [5.74, 6) is 0.892. The summed E-state index contributed by atoms with van der Waals surface area (Å²) in [6.45, 7) is 2.00. The number of ether oxygens (including phenoxy) is 1. The molecular formula is C10H15ClNO-. The fourth-order valence-electron chi connectivity index (χ4n) is 1.13. The summed E-state index contributed by atoms with van der Waals surface area (Å²) in [5, 5.41) is 0. The molecule has 3 heteroatoms. The zero-order chi connectivity index (χ0) is 8.97. The van der Waals surface area contributed by atoms with Crippen LogP contribution in [-0.2, 0) is 6.42 Å². The van der Waals surface area contributed by atoms with Crippen LogP contribution in [0, 0.1) is 0 Å². The van der Waals surface area contributed by atoms with Gasteiger partial charge in [-0.05, 0) is 31.0 Å². The molecule has 0 heterocycles. The lowest BCUT2D eigenvalue weighted by Crippen LogP contribution is -3.00. The summed E-state index contributed by atoms with van der Waals surface area (Å²) in [4.78, 5) is 0. The summed E-state index contributed by atoms with van der Waals surface area (Å²) in [5.41, 5.74) is 6.92. The van der Waals surface area contributed by atoms with Crippen molar-refractivity contribution in [2.24, 2.45) is 5.73 Å². The molecule has 1 atom stereocenters. The zero-order valence-corrected chi connectivity index (χ0v) is 8.71. The van der Waals surface area contributed by atoms with E-state index in [-0.39, 0.29) is 18.4 Å². The largest absolute Gasteiger partial charge is 1.00 e. The van der Waals surface area contributed by atoms with Crippen LogP contribution in [0.3, 0.4) is 0 Å². The zero-order valence-electron chi connectivity index (χ0n) is 7.96. The Bertz CT molecular complexity index is 233. The van der Waals surface area contributed by atoms with Crippen LogP contribution in [0.2, 0.25) is 0 Å². The van der Waals surface area contributed by atoms with Gasteiger partial charge in [-0.3, -0.25) is 0 Å². The maximum absolute atomic E-state index is 5.66. The number of hydrogen-bond acceptors (Lipinski definition) is 2. The summed E-state index contributed by atoms with van der Waals surface area (Å²) in [6.07, 6.45) is 0.921. The van der Waals surface area contributed by atoms with Gasteiger partial charge >= 0.3 is 0 Å². The maximum Gasteiger partial charge on any atom is 0.118 e. The highest BCUT2D eigenvalue weighted by molar-refractivity contribution is 5.27. The normalized spacial score (nSPS) is 11.6. The molecule has 0 bridgehead atoms. The number of halogens is 1. The molecule has 0 aliphatic heterocycles. The molecular weight excluding hydrogens is 186 g/mol. The van der Waals surface area contributed by atoms with Crippen molar-refractivity contribution in [2.45, 2.75) is 19.4 Å². The average Bonchev–Trinajstić information content (AvgIpc) is 2.05. The maximum atomic E-state index is 5.66. The van der Waals surface area contributed by atoms with Gasteiger partial charge < -0.3 is 22.9 Å². The van der Waals surface area contributed by atoms with E-state index in [0.29, 0.717) is 0 Å². The lowest BCUT2D eigenvalue weighted by molar-refractivity contribution is -0.00000312. The van der Waals surface area contributed by atoms with Crippen LogP contribution in [0.15, 0.2) is 24.3 Å². The highest BCUT2D eigenvalue weighted by Crippen LogP contribution is 2.11. The number of rotatable bonds is 3. The molecule has 1 unspecified atom stereocenters. The predicted octanol–water partition coefficient (Wildman–Crippen LogP) is -1.41. The van der Waals surface area contributed by atoms with Gasteiger partial charge in [0, 0.05) is 6.04 Å². The van der Waals surface area contributed by atoms with Gasteiger partial charge in [0.15, 0.2) is 0 Å². The predicted molar refractivity (Wildman–Crippen MR) is 50.3 cm³/mol. The SMILES string of the molecule is COc1ccc(CC(C)N)cc1.[Cl-]. The third-order valence-electron chi connectivity index (χ3n) is 1.72.